The van der Waals surface area contributed by atoms with E-state index in [1.165, 1.54) is 0 Å². The molecule has 0 N–H and O–H groups in total. The maximum absolute atomic E-state index is 10.8. The highest BCUT2D eigenvalue weighted by molar-refractivity contribution is 6.40. The van der Waals surface area contributed by atoms with Crippen molar-refractivity contribution in [3.8, 4) is 0 Å². The van der Waals surface area contributed by atoms with Gasteiger partial charge in [0.05, 0.1) is 0 Å². The molecule has 1 fully saturated rings. The lowest BCUT2D eigenvalue weighted by molar-refractivity contribution is -0.136. The number of hydrogen-bond donors (Lipinski definition) is 0. The Hall–Kier alpha value is -0.660. The van der Waals surface area contributed by atoms with E-state index >= 15 is 0 Å². The van der Waals surface area contributed by atoms with E-state index in [9.17, 15) is 9.59 Å². The van der Waals surface area contributed by atoms with Crippen LogP contribution in [-0.2, 0) is 9.59 Å². The molecule has 50 valence electrons. The van der Waals surface area contributed by atoms with Gasteiger partial charge in [-0.15, -0.1) is 0 Å². The van der Waals surface area contributed by atoms with Crippen molar-refractivity contribution in [3.05, 3.63) is 0 Å². The Morgan fingerprint density at radius 2 is 1.44 bits per heavy atom. The predicted octanol–water partition coefficient (Wildman–Crippen LogP) is 0.800. The van der Waals surface area contributed by atoms with Crippen molar-refractivity contribution >= 4 is 11.6 Å². The second-order valence-corrected chi connectivity index (χ2v) is 2.77. The molecule has 9 heavy (non-hydrogen) atoms. The molecule has 0 aromatic rings. The fourth-order valence-corrected chi connectivity index (χ4v) is 1.23. The molecule has 0 unspecified atom stereocenters. The highest BCUT2D eigenvalue weighted by atomic mass is 16.2. The third-order valence-corrected chi connectivity index (χ3v) is 1.85. The van der Waals surface area contributed by atoms with Gasteiger partial charge >= 0.3 is 0 Å². The zero-order valence-corrected chi connectivity index (χ0v) is 5.68. The van der Waals surface area contributed by atoms with Crippen LogP contribution in [0.15, 0.2) is 0 Å². The van der Waals surface area contributed by atoms with Gasteiger partial charge in [-0.2, -0.15) is 0 Å². The first-order chi connectivity index (χ1) is 4.13. The van der Waals surface area contributed by atoms with E-state index in [1.807, 2.05) is 13.8 Å². The number of carbonyl (C=O) groups is 2. The highest BCUT2D eigenvalue weighted by Crippen LogP contribution is 2.22. The van der Waals surface area contributed by atoms with Crippen LogP contribution in [0.4, 0.5) is 0 Å². The monoisotopic (exact) mass is 126 g/mol. The van der Waals surface area contributed by atoms with Crippen LogP contribution in [0.1, 0.15) is 20.3 Å². The van der Waals surface area contributed by atoms with Gasteiger partial charge in [-0.25, -0.2) is 0 Å². The summed E-state index contributed by atoms with van der Waals surface area (Å²) in [5.74, 6) is -0.398. The molecule has 1 aliphatic rings. The molecule has 1 aliphatic carbocycles. The molecule has 1 saturated carbocycles. The Kier molecular flexibility index (Phi) is 1.39. The van der Waals surface area contributed by atoms with E-state index in [-0.39, 0.29) is 23.4 Å². The second-order valence-electron chi connectivity index (χ2n) is 2.77. The zero-order chi connectivity index (χ0) is 7.02. The van der Waals surface area contributed by atoms with Gasteiger partial charge in [-0.05, 0) is 6.42 Å². The summed E-state index contributed by atoms with van der Waals surface area (Å²) in [6.07, 6.45) is 0.748. The van der Waals surface area contributed by atoms with E-state index in [4.69, 9.17) is 0 Å². The van der Waals surface area contributed by atoms with Crippen LogP contribution in [0.2, 0.25) is 0 Å². The lowest BCUT2D eigenvalue weighted by Gasteiger charge is -1.92. The Morgan fingerprint density at radius 1 is 1.11 bits per heavy atom. The van der Waals surface area contributed by atoms with E-state index < -0.39 is 0 Å². The first-order valence-corrected chi connectivity index (χ1v) is 3.21. The molecule has 0 radical (unpaired) electrons. The normalized spacial score (nSPS) is 35.8. The third-order valence-electron chi connectivity index (χ3n) is 1.85. The van der Waals surface area contributed by atoms with Crippen molar-refractivity contribution in [3.63, 3.8) is 0 Å². The van der Waals surface area contributed by atoms with E-state index in [2.05, 4.69) is 0 Å². The summed E-state index contributed by atoms with van der Waals surface area (Å²) < 4.78 is 0. The minimum Gasteiger partial charge on any atom is -0.291 e. The van der Waals surface area contributed by atoms with Crippen molar-refractivity contribution in [1.29, 1.82) is 0 Å². The van der Waals surface area contributed by atoms with E-state index in [0.717, 1.165) is 6.42 Å². The molecule has 0 amide bonds. The average molecular weight is 126 g/mol. The van der Waals surface area contributed by atoms with Crippen LogP contribution in [0, 0.1) is 11.8 Å². The number of rotatable bonds is 0. The van der Waals surface area contributed by atoms with Crippen LogP contribution in [0.25, 0.3) is 0 Å². The van der Waals surface area contributed by atoms with Crippen LogP contribution >= 0.6 is 0 Å². The number of carbonyl (C=O) groups excluding carboxylic acids is 2. The smallest absolute Gasteiger partial charge is 0.201 e. The molecule has 0 spiro atoms. The first-order valence-electron chi connectivity index (χ1n) is 3.21. The van der Waals surface area contributed by atoms with Gasteiger partial charge in [0.2, 0.25) is 11.6 Å². The van der Waals surface area contributed by atoms with Gasteiger partial charge < -0.3 is 0 Å². The Labute approximate surface area is 54.2 Å². The summed E-state index contributed by atoms with van der Waals surface area (Å²) in [5.41, 5.74) is 0. The van der Waals surface area contributed by atoms with Gasteiger partial charge in [-0.3, -0.25) is 9.59 Å². The Morgan fingerprint density at radius 3 is 1.56 bits per heavy atom. The molecule has 1 rings (SSSR count). The van der Waals surface area contributed by atoms with E-state index in [0.29, 0.717) is 0 Å². The first kappa shape index (κ1) is 6.46. The van der Waals surface area contributed by atoms with Crippen molar-refractivity contribution in [2.75, 3.05) is 0 Å². The summed E-state index contributed by atoms with van der Waals surface area (Å²) >= 11 is 0. The molecule has 2 atom stereocenters. The molecule has 2 heteroatoms. The minimum absolute atomic E-state index is 0.0208. The molecule has 0 heterocycles. The third kappa shape index (κ3) is 0.889. The summed E-state index contributed by atoms with van der Waals surface area (Å²) in [4.78, 5) is 21.5. The number of ketones is 2. The van der Waals surface area contributed by atoms with Crippen molar-refractivity contribution in [1.82, 2.24) is 0 Å². The van der Waals surface area contributed by atoms with E-state index in [1.54, 1.807) is 0 Å². The molecule has 2 nitrogen and oxygen atoms in total. The molecule has 0 aromatic carbocycles. The molecule has 0 saturated heterocycles. The standard InChI is InChI=1S/C7H10O2/c1-4-3-5(2)7(9)6(4)8/h4-5H,3H2,1-2H3/t4-,5-/m1/s1. The van der Waals surface area contributed by atoms with Gasteiger partial charge in [0.25, 0.3) is 0 Å². The quantitative estimate of drug-likeness (QED) is 0.450. The van der Waals surface area contributed by atoms with Crippen molar-refractivity contribution in [2.45, 2.75) is 20.3 Å². The maximum atomic E-state index is 10.8. The van der Waals surface area contributed by atoms with Crippen molar-refractivity contribution < 1.29 is 9.59 Å². The maximum Gasteiger partial charge on any atom is 0.201 e. The molecule has 0 aromatic heterocycles. The van der Waals surface area contributed by atoms with Gasteiger partial charge in [0.15, 0.2) is 0 Å². The summed E-state index contributed by atoms with van der Waals surface area (Å²) in [6, 6.07) is 0. The molecule has 0 bridgehead atoms. The SMILES string of the molecule is C[C@@H]1C[C@@H](C)C(=O)C1=O. The topological polar surface area (TPSA) is 34.1 Å². The molecular weight excluding hydrogens is 116 g/mol. The number of hydrogen-bond acceptors (Lipinski definition) is 2. The summed E-state index contributed by atoms with van der Waals surface area (Å²) in [7, 11) is 0. The second kappa shape index (κ2) is 1.94. The van der Waals surface area contributed by atoms with Crippen LogP contribution in [-0.4, -0.2) is 11.6 Å². The zero-order valence-electron chi connectivity index (χ0n) is 5.68. The van der Waals surface area contributed by atoms with Crippen LogP contribution in [0.3, 0.4) is 0 Å². The van der Waals surface area contributed by atoms with Gasteiger partial charge in [0, 0.05) is 11.8 Å². The van der Waals surface area contributed by atoms with Gasteiger partial charge in [0.1, 0.15) is 0 Å². The fourth-order valence-electron chi connectivity index (χ4n) is 1.23. The van der Waals surface area contributed by atoms with Gasteiger partial charge in [-0.1, -0.05) is 13.8 Å². The van der Waals surface area contributed by atoms with Crippen molar-refractivity contribution in [2.24, 2.45) is 11.8 Å². The molecule has 0 aliphatic heterocycles. The molecular formula is C7H10O2. The summed E-state index contributed by atoms with van der Waals surface area (Å²) in [6.45, 7) is 3.62. The van der Waals surface area contributed by atoms with Crippen LogP contribution in [0.5, 0.6) is 0 Å². The summed E-state index contributed by atoms with van der Waals surface area (Å²) in [5, 5.41) is 0. The minimum atomic E-state index is -0.178. The lowest BCUT2D eigenvalue weighted by Crippen LogP contribution is -2.12. The fraction of sp³-hybridized carbons (Fsp3) is 0.714. The largest absolute Gasteiger partial charge is 0.291 e. The number of Topliss-reactive ketones (excluding diaryl/α,β-unsaturated/α-hetero) is 2. The average Bonchev–Trinajstić information content (AvgIpc) is 1.98. The Balaban J connectivity index is 2.77. The lowest BCUT2D eigenvalue weighted by atomic mass is 10.1. The predicted molar refractivity (Wildman–Crippen MR) is 33.0 cm³/mol. The highest BCUT2D eigenvalue weighted by Gasteiger charge is 2.34. The Bertz CT molecular complexity index is 142. The van der Waals surface area contributed by atoms with Crippen LogP contribution < -0.4 is 0 Å².